The molecule has 1 heterocycles. The third-order valence-electron chi connectivity index (χ3n) is 4.52. The van der Waals surface area contributed by atoms with Crippen molar-refractivity contribution < 1.29 is 27.1 Å². The van der Waals surface area contributed by atoms with E-state index in [9.17, 15) is 22.4 Å². The lowest BCUT2D eigenvalue weighted by Crippen LogP contribution is -2.44. The molecule has 178 valence electrons. The third-order valence-corrected chi connectivity index (χ3v) is 6.08. The highest BCUT2D eigenvalue weighted by atomic mass is 32.2. The second kappa shape index (κ2) is 10.9. The number of carbonyl (C=O) groups is 2. The topological polar surface area (TPSA) is 126 Å². The van der Waals surface area contributed by atoms with Crippen LogP contribution >= 0.6 is 0 Å². The molecule has 0 aliphatic heterocycles. The van der Waals surface area contributed by atoms with Crippen LogP contribution in [0.4, 0.5) is 10.1 Å². The lowest BCUT2D eigenvalue weighted by Gasteiger charge is -2.16. The first-order valence-electron chi connectivity index (χ1n) is 10.2. The van der Waals surface area contributed by atoms with Gasteiger partial charge in [-0.2, -0.15) is 4.72 Å². The van der Waals surface area contributed by atoms with E-state index in [1.54, 1.807) is 18.2 Å². The summed E-state index contributed by atoms with van der Waals surface area (Å²) in [5.74, 6) is -0.886. The number of aromatic nitrogens is 1. The lowest BCUT2D eigenvalue weighted by molar-refractivity contribution is -0.122. The Bertz CT molecular complexity index is 1280. The number of anilines is 1. The maximum absolute atomic E-state index is 13.4. The summed E-state index contributed by atoms with van der Waals surface area (Å²) in [7, 11) is -3.98. The molecule has 3 aromatic rings. The molecule has 0 saturated heterocycles. The smallest absolute Gasteiger partial charge is 0.241 e. The third kappa shape index (κ3) is 6.83. The van der Waals surface area contributed by atoms with E-state index in [1.807, 2.05) is 0 Å². The zero-order valence-electron chi connectivity index (χ0n) is 18.4. The van der Waals surface area contributed by atoms with Crippen molar-refractivity contribution in [1.82, 2.24) is 15.0 Å². The molecule has 3 N–H and O–H groups in total. The van der Waals surface area contributed by atoms with Crippen LogP contribution in [-0.2, 0) is 26.2 Å². The van der Waals surface area contributed by atoms with Gasteiger partial charge in [-0.15, -0.1) is 0 Å². The summed E-state index contributed by atoms with van der Waals surface area (Å²) in [5.41, 5.74) is 0.966. The van der Waals surface area contributed by atoms with Crippen LogP contribution in [0, 0.1) is 5.82 Å². The van der Waals surface area contributed by atoms with Gasteiger partial charge < -0.3 is 15.4 Å². The van der Waals surface area contributed by atoms with Gasteiger partial charge in [-0.3, -0.25) is 9.59 Å². The molecule has 2 amide bonds. The van der Waals surface area contributed by atoms with Gasteiger partial charge in [-0.25, -0.2) is 17.8 Å². The zero-order chi connectivity index (χ0) is 24.7. The fourth-order valence-electron chi connectivity index (χ4n) is 2.90. The van der Waals surface area contributed by atoms with Crippen molar-refractivity contribution in [2.45, 2.75) is 31.3 Å². The molecule has 0 saturated carbocycles. The number of amides is 2. The summed E-state index contributed by atoms with van der Waals surface area (Å²) in [4.78, 5) is 27.7. The van der Waals surface area contributed by atoms with Crippen LogP contribution in [0.25, 0.3) is 0 Å². The largest absolute Gasteiger partial charge is 0.439 e. The van der Waals surface area contributed by atoms with Crippen molar-refractivity contribution in [3.05, 3.63) is 78.2 Å². The fourth-order valence-corrected chi connectivity index (χ4v) is 4.11. The number of carbonyl (C=O) groups excluding carboxylic acids is 2. The maximum Gasteiger partial charge on any atom is 0.241 e. The van der Waals surface area contributed by atoms with E-state index in [0.717, 1.165) is 0 Å². The molecule has 0 aliphatic carbocycles. The molecule has 0 unspecified atom stereocenters. The van der Waals surface area contributed by atoms with E-state index in [4.69, 9.17) is 4.74 Å². The lowest BCUT2D eigenvalue weighted by atomic mass is 10.2. The van der Waals surface area contributed by atoms with E-state index in [2.05, 4.69) is 20.3 Å². The molecular formula is C23H23FN4O5S. The average Bonchev–Trinajstić information content (AvgIpc) is 2.78. The van der Waals surface area contributed by atoms with Gasteiger partial charge in [0.2, 0.25) is 27.7 Å². The zero-order valence-corrected chi connectivity index (χ0v) is 19.2. The summed E-state index contributed by atoms with van der Waals surface area (Å²) in [6.45, 7) is 2.76. The minimum Gasteiger partial charge on any atom is -0.439 e. The van der Waals surface area contributed by atoms with Gasteiger partial charge in [-0.1, -0.05) is 12.1 Å². The summed E-state index contributed by atoms with van der Waals surface area (Å²) >= 11 is 0. The highest BCUT2D eigenvalue weighted by Crippen LogP contribution is 2.23. The summed E-state index contributed by atoms with van der Waals surface area (Å²) in [6, 6.07) is 13.3. The first-order chi connectivity index (χ1) is 16.1. The Balaban J connectivity index is 1.61. The Morgan fingerprint density at radius 2 is 1.82 bits per heavy atom. The number of sulfonamides is 1. The minimum absolute atomic E-state index is 0.00873. The molecule has 3 rings (SSSR count). The first-order valence-corrected chi connectivity index (χ1v) is 11.7. The summed E-state index contributed by atoms with van der Waals surface area (Å²) in [6.07, 6.45) is 1.49. The Kier molecular flexibility index (Phi) is 7.92. The molecule has 1 atom stereocenters. The highest BCUT2D eigenvalue weighted by Gasteiger charge is 2.22. The quantitative estimate of drug-likeness (QED) is 0.427. The average molecular weight is 487 g/mol. The molecule has 0 fully saturated rings. The van der Waals surface area contributed by atoms with Gasteiger partial charge in [0.25, 0.3) is 0 Å². The highest BCUT2D eigenvalue weighted by molar-refractivity contribution is 7.89. The number of hydrogen-bond acceptors (Lipinski definition) is 6. The normalized spacial score (nSPS) is 12.0. The van der Waals surface area contributed by atoms with Crippen molar-refractivity contribution >= 4 is 27.5 Å². The van der Waals surface area contributed by atoms with Gasteiger partial charge in [-0.05, 0) is 49.4 Å². The number of halogens is 1. The van der Waals surface area contributed by atoms with E-state index >= 15 is 0 Å². The van der Waals surface area contributed by atoms with Crippen LogP contribution in [0.3, 0.4) is 0 Å². The predicted octanol–water partition coefficient (Wildman–Crippen LogP) is 2.95. The van der Waals surface area contributed by atoms with Crippen LogP contribution in [0.5, 0.6) is 11.6 Å². The molecule has 2 aromatic carbocycles. The van der Waals surface area contributed by atoms with Crippen molar-refractivity contribution in [2.24, 2.45) is 0 Å². The van der Waals surface area contributed by atoms with E-state index in [1.165, 1.54) is 62.5 Å². The van der Waals surface area contributed by atoms with Crippen LogP contribution in [0.1, 0.15) is 19.4 Å². The van der Waals surface area contributed by atoms with Crippen molar-refractivity contribution in [3.8, 4) is 11.6 Å². The van der Waals surface area contributed by atoms with Crippen molar-refractivity contribution in [1.29, 1.82) is 0 Å². The Labute approximate surface area is 196 Å². The number of pyridine rings is 1. The van der Waals surface area contributed by atoms with Gasteiger partial charge in [0.15, 0.2) is 0 Å². The van der Waals surface area contributed by atoms with Gasteiger partial charge >= 0.3 is 0 Å². The standard InChI is InChI=1S/C23H23FN4O5S/c1-15(28-34(31,32)21-10-8-19(9-11-21)27-16(2)29)22(30)26-14-17-5-4-12-25-23(17)33-20-7-3-6-18(24)13-20/h3-13,15,28H,14H2,1-2H3,(H,26,30)(H,27,29)/t15-/m0/s1. The second-order valence-electron chi connectivity index (χ2n) is 7.29. The van der Waals surface area contributed by atoms with Gasteiger partial charge in [0, 0.05) is 37.0 Å². The number of rotatable bonds is 9. The molecule has 0 spiro atoms. The summed E-state index contributed by atoms with van der Waals surface area (Å²) < 4.78 is 46.5. The number of nitrogens with zero attached hydrogens (tertiary/aromatic N) is 1. The van der Waals surface area contributed by atoms with E-state index in [0.29, 0.717) is 11.3 Å². The number of hydrogen-bond donors (Lipinski definition) is 3. The molecule has 9 nitrogen and oxygen atoms in total. The van der Waals surface area contributed by atoms with Crippen molar-refractivity contribution in [3.63, 3.8) is 0 Å². The number of benzene rings is 2. The fraction of sp³-hybridized carbons (Fsp3) is 0.174. The van der Waals surface area contributed by atoms with Gasteiger partial charge in [0.1, 0.15) is 11.6 Å². The van der Waals surface area contributed by atoms with E-state index in [-0.39, 0.29) is 29.0 Å². The van der Waals surface area contributed by atoms with Crippen LogP contribution < -0.4 is 20.1 Å². The molecular weight excluding hydrogens is 463 g/mol. The Morgan fingerprint density at radius 1 is 1.09 bits per heavy atom. The molecule has 0 aliphatic rings. The number of nitrogens with one attached hydrogen (secondary N) is 3. The van der Waals surface area contributed by atoms with Crippen molar-refractivity contribution in [2.75, 3.05) is 5.32 Å². The molecule has 11 heteroatoms. The Hall–Kier alpha value is -3.83. The predicted molar refractivity (Wildman–Crippen MR) is 123 cm³/mol. The SMILES string of the molecule is CC(=O)Nc1ccc(S(=O)(=O)N[C@@H](C)C(=O)NCc2cccnc2Oc2cccc(F)c2)cc1. The maximum atomic E-state index is 13.4. The number of ether oxygens (including phenoxy) is 1. The first kappa shape index (κ1) is 24.8. The molecule has 0 radical (unpaired) electrons. The second-order valence-corrected chi connectivity index (χ2v) is 9.01. The summed E-state index contributed by atoms with van der Waals surface area (Å²) in [5, 5.41) is 5.18. The molecule has 0 bridgehead atoms. The van der Waals surface area contributed by atoms with Gasteiger partial charge in [0.05, 0.1) is 10.9 Å². The molecule has 34 heavy (non-hydrogen) atoms. The van der Waals surface area contributed by atoms with Crippen LogP contribution in [-0.4, -0.2) is 31.3 Å². The van der Waals surface area contributed by atoms with Crippen LogP contribution in [0.2, 0.25) is 0 Å². The van der Waals surface area contributed by atoms with Crippen LogP contribution in [0.15, 0.2) is 71.8 Å². The minimum atomic E-state index is -3.98. The van der Waals surface area contributed by atoms with E-state index < -0.39 is 27.8 Å². The monoisotopic (exact) mass is 486 g/mol. The Morgan fingerprint density at radius 3 is 2.50 bits per heavy atom. The molecule has 1 aromatic heterocycles.